The normalized spacial score (nSPS) is 16.9. The van der Waals surface area contributed by atoms with E-state index in [4.69, 9.17) is 14.7 Å². The largest absolute Gasteiger partial charge is 0.383 e. The first kappa shape index (κ1) is 32.9. The number of urea groups is 1. The highest BCUT2D eigenvalue weighted by atomic mass is 32.2. The van der Waals surface area contributed by atoms with Crippen LogP contribution in [-0.2, 0) is 26.6 Å². The number of aromatic nitrogens is 3. The van der Waals surface area contributed by atoms with Gasteiger partial charge in [-0.3, -0.25) is 14.9 Å². The fourth-order valence-electron chi connectivity index (χ4n) is 5.13. The van der Waals surface area contributed by atoms with Crippen molar-refractivity contribution in [3.8, 4) is 16.9 Å². The number of nitrogens with one attached hydrogen (secondary N) is 3. The van der Waals surface area contributed by atoms with Crippen molar-refractivity contribution in [1.82, 2.24) is 29.4 Å². The number of hydrogen-bond acceptors (Lipinski definition) is 8. The molecule has 2 amide bonds. The molecule has 1 aliphatic heterocycles. The van der Waals surface area contributed by atoms with E-state index in [2.05, 4.69) is 15.4 Å². The zero-order valence-corrected chi connectivity index (χ0v) is 26.3. The topological polar surface area (TPSA) is 149 Å². The quantitative estimate of drug-likeness (QED) is 0.236. The lowest BCUT2D eigenvalue weighted by Crippen LogP contribution is -2.42. The molecular formula is C30H33F2N7O6S. The van der Waals surface area contributed by atoms with Crippen LogP contribution >= 0.6 is 0 Å². The second-order valence-corrected chi connectivity index (χ2v) is 12.4. The molecule has 3 N–H and O–H groups in total. The van der Waals surface area contributed by atoms with Gasteiger partial charge in [0.25, 0.3) is 5.56 Å². The molecule has 0 aliphatic carbocycles. The monoisotopic (exact) mass is 657 g/mol. The van der Waals surface area contributed by atoms with Gasteiger partial charge in [0.15, 0.2) is 11.6 Å². The van der Waals surface area contributed by atoms with Gasteiger partial charge in [-0.1, -0.05) is 24.3 Å². The van der Waals surface area contributed by atoms with Gasteiger partial charge in [-0.25, -0.2) is 31.4 Å². The van der Waals surface area contributed by atoms with Crippen LogP contribution in [0, 0.1) is 18.6 Å². The van der Waals surface area contributed by atoms with Crippen LogP contribution in [0.3, 0.4) is 0 Å². The molecule has 2 aromatic heterocycles. The summed E-state index contributed by atoms with van der Waals surface area (Å²) in [5.41, 5.74) is 1.32. The Hall–Kier alpha value is -4.48. The number of carbonyl (C=O) groups is 1. The minimum Gasteiger partial charge on any atom is -0.383 e. The summed E-state index contributed by atoms with van der Waals surface area (Å²) in [6.45, 7) is 2.63. The molecule has 5 rings (SSSR count). The lowest BCUT2D eigenvalue weighted by atomic mass is 10.0. The van der Waals surface area contributed by atoms with Crippen LogP contribution in [0.4, 0.5) is 19.4 Å². The van der Waals surface area contributed by atoms with Crippen molar-refractivity contribution in [2.75, 3.05) is 39.2 Å². The summed E-state index contributed by atoms with van der Waals surface area (Å²) in [6.07, 6.45) is 0.633. The highest BCUT2D eigenvalue weighted by Crippen LogP contribution is 2.33. The number of para-hydroxylation sites is 1. The van der Waals surface area contributed by atoms with Crippen LogP contribution in [0.25, 0.3) is 16.9 Å². The summed E-state index contributed by atoms with van der Waals surface area (Å²) in [7, 11) is 0.0830. The second kappa shape index (κ2) is 13.5. The highest BCUT2D eigenvalue weighted by molar-refractivity contribution is 7.89. The molecule has 1 saturated heterocycles. The van der Waals surface area contributed by atoms with Crippen LogP contribution in [0.2, 0.25) is 0 Å². The van der Waals surface area contributed by atoms with Gasteiger partial charge in [0.05, 0.1) is 24.0 Å². The number of pyridine rings is 1. The third kappa shape index (κ3) is 6.70. The molecule has 2 atom stereocenters. The van der Waals surface area contributed by atoms with E-state index in [1.807, 2.05) is 6.07 Å². The molecule has 2 aromatic carbocycles. The van der Waals surface area contributed by atoms with Crippen molar-refractivity contribution in [2.45, 2.75) is 24.0 Å². The van der Waals surface area contributed by atoms with Crippen molar-refractivity contribution in [3.63, 3.8) is 0 Å². The fourth-order valence-corrected chi connectivity index (χ4v) is 6.01. The highest BCUT2D eigenvalue weighted by Gasteiger charge is 2.37. The van der Waals surface area contributed by atoms with Crippen molar-refractivity contribution >= 4 is 21.9 Å². The lowest BCUT2D eigenvalue weighted by Gasteiger charge is -2.20. The molecule has 0 bridgehead atoms. The lowest BCUT2D eigenvalue weighted by molar-refractivity contribution is -0.154. The van der Waals surface area contributed by atoms with Gasteiger partial charge in [0, 0.05) is 44.6 Å². The number of amides is 2. The summed E-state index contributed by atoms with van der Waals surface area (Å²) < 4.78 is 63.0. The molecule has 244 valence electrons. The zero-order chi connectivity index (χ0) is 33.2. The van der Waals surface area contributed by atoms with Crippen LogP contribution < -0.4 is 20.9 Å². The fraction of sp³-hybridized carbons (Fsp3) is 0.300. The first-order chi connectivity index (χ1) is 21.9. The Morgan fingerprint density at radius 3 is 2.54 bits per heavy atom. The summed E-state index contributed by atoms with van der Waals surface area (Å²) in [5, 5.41) is 12.0. The molecule has 3 heterocycles. The molecule has 0 radical (unpaired) electrons. The van der Waals surface area contributed by atoms with Crippen LogP contribution in [0.15, 0.2) is 70.5 Å². The molecule has 4 aromatic rings. The van der Waals surface area contributed by atoms with E-state index < -0.39 is 50.3 Å². The first-order valence-corrected chi connectivity index (χ1v) is 15.6. The number of aryl methyl sites for hydroxylation is 1. The van der Waals surface area contributed by atoms with Gasteiger partial charge in [-0.15, -0.1) is 0 Å². The summed E-state index contributed by atoms with van der Waals surface area (Å²) >= 11 is 0. The Morgan fingerprint density at radius 2 is 1.87 bits per heavy atom. The Bertz CT molecular complexity index is 1920. The van der Waals surface area contributed by atoms with E-state index in [1.54, 1.807) is 36.3 Å². The van der Waals surface area contributed by atoms with E-state index >= 15 is 0 Å². The van der Waals surface area contributed by atoms with Gasteiger partial charge in [-0.2, -0.15) is 10.2 Å². The number of methoxy groups -OCH3 is 1. The molecule has 1 fully saturated rings. The second-order valence-electron chi connectivity index (χ2n) is 10.6. The van der Waals surface area contributed by atoms with Gasteiger partial charge >= 0.3 is 6.03 Å². The summed E-state index contributed by atoms with van der Waals surface area (Å²) in [5.74, 6) is -1.78. The van der Waals surface area contributed by atoms with E-state index in [1.165, 1.54) is 44.2 Å². The van der Waals surface area contributed by atoms with E-state index in [9.17, 15) is 26.8 Å². The number of hydroxylamine groups is 2. The number of hydrogen-bond donors (Lipinski definition) is 3. The van der Waals surface area contributed by atoms with Crippen molar-refractivity contribution in [1.29, 1.82) is 0 Å². The first-order valence-electron chi connectivity index (χ1n) is 14.2. The maximum Gasteiger partial charge on any atom is 0.320 e. The Balaban J connectivity index is 1.50. The molecule has 0 saturated carbocycles. The number of sulfonamides is 1. The third-order valence-electron chi connectivity index (χ3n) is 7.50. The van der Waals surface area contributed by atoms with Crippen molar-refractivity contribution in [3.05, 3.63) is 93.9 Å². The van der Waals surface area contributed by atoms with E-state index in [-0.39, 0.29) is 12.4 Å². The smallest absolute Gasteiger partial charge is 0.320 e. The standard InChI is InChI=1S/C30H33F2N7O6S/c1-18-26(20-15-25(46(42,43)33-2)29(40)37(3)16-20)36-39(21-8-6-5-7-9-21)28(18)35-30(41)34-24-17-38(12-13-44-4)45-27(24)19-10-11-22(31)23(32)14-19/h5-11,14-16,24,27,33H,12-13,17H2,1-4H3,(H2,34,35,41)/t24-,27+/m1/s1. The molecular weight excluding hydrogens is 624 g/mol. The molecule has 16 heteroatoms. The van der Waals surface area contributed by atoms with Gasteiger partial charge in [0.1, 0.15) is 16.8 Å². The molecule has 0 unspecified atom stereocenters. The predicted molar refractivity (Wildman–Crippen MR) is 165 cm³/mol. The SMILES string of the molecule is CNS(=O)(=O)c1cc(-c2nn(-c3ccccc3)c(NC(=O)N[C@@H]3CN(CCOC)O[C@H]3c3ccc(F)c(F)c3)c2C)cn(C)c1=O. The number of rotatable bonds is 10. The Morgan fingerprint density at radius 1 is 1.13 bits per heavy atom. The maximum absolute atomic E-state index is 14.1. The summed E-state index contributed by atoms with van der Waals surface area (Å²) in [4.78, 5) is 31.8. The average molecular weight is 658 g/mol. The molecule has 46 heavy (non-hydrogen) atoms. The third-order valence-corrected chi connectivity index (χ3v) is 8.91. The molecule has 1 aliphatic rings. The van der Waals surface area contributed by atoms with E-state index in [0.29, 0.717) is 41.2 Å². The Labute approximate surface area is 263 Å². The number of nitrogens with zero attached hydrogens (tertiary/aromatic N) is 4. The minimum absolute atomic E-state index is 0.226. The summed E-state index contributed by atoms with van der Waals surface area (Å²) in [6, 6.07) is 12.3. The van der Waals surface area contributed by atoms with Gasteiger partial charge in [-0.05, 0) is 49.9 Å². The number of halogens is 2. The Kier molecular flexibility index (Phi) is 9.64. The van der Waals surface area contributed by atoms with E-state index in [0.717, 1.165) is 16.7 Å². The molecule has 0 spiro atoms. The van der Waals surface area contributed by atoms with Crippen molar-refractivity contribution < 1.29 is 31.6 Å². The predicted octanol–water partition coefficient (Wildman–Crippen LogP) is 2.86. The number of benzene rings is 2. The number of anilines is 1. The minimum atomic E-state index is -4.09. The van der Waals surface area contributed by atoms with Gasteiger partial charge < -0.3 is 14.6 Å². The van der Waals surface area contributed by atoms with Gasteiger partial charge in [0.2, 0.25) is 10.0 Å². The average Bonchev–Trinajstić information content (AvgIpc) is 3.59. The van der Waals surface area contributed by atoms with Crippen LogP contribution in [0.1, 0.15) is 17.2 Å². The van der Waals surface area contributed by atoms with Crippen LogP contribution in [0.5, 0.6) is 0 Å². The maximum atomic E-state index is 14.1. The zero-order valence-electron chi connectivity index (χ0n) is 25.5. The number of ether oxygens (including phenoxy) is 1. The van der Waals surface area contributed by atoms with Crippen LogP contribution in [-0.4, -0.2) is 73.8 Å². The molecule has 13 nitrogen and oxygen atoms in total. The van der Waals surface area contributed by atoms with Crippen molar-refractivity contribution in [2.24, 2.45) is 7.05 Å². The number of carbonyl (C=O) groups excluding carboxylic acids is 1.